The molecule has 3 heteroatoms. The zero-order valence-corrected chi connectivity index (χ0v) is 29.0. The Bertz CT molecular complexity index is 1620. The largest absolute Gasteiger partial charge is 0.0622 e. The molecule has 0 aliphatic heterocycles. The molecule has 0 fully saturated rings. The van der Waals surface area contributed by atoms with Gasteiger partial charge in [0.1, 0.15) is 0 Å². The maximum atomic E-state index is 2.51. The molecule has 200 valence electrons. The van der Waals surface area contributed by atoms with Gasteiger partial charge in [-0.2, -0.15) is 0 Å². The Morgan fingerprint density at radius 2 is 0.732 bits per heavy atom. The molecule has 6 rings (SSSR count). The third kappa shape index (κ3) is 6.47. The standard InChI is InChI=1S/C38H27I3/c1-25-20-26(22-34(39)37(25)32-16-12-30(13-17-32)28-8-4-2-5-9-28)21-27-23-35(40)38(36(41)24-27)33-18-14-31(15-19-33)29-10-6-3-7-11-29/h2-20,22-24H,21H2,1H3. The molecule has 0 amide bonds. The second-order valence-corrected chi connectivity index (χ2v) is 13.8. The molecule has 41 heavy (non-hydrogen) atoms. The van der Waals surface area contributed by atoms with Gasteiger partial charge in [-0.1, -0.05) is 115 Å². The predicted octanol–water partition coefficient (Wildman–Crippen LogP) is 12.1. The Morgan fingerprint density at radius 3 is 1.17 bits per heavy atom. The van der Waals surface area contributed by atoms with Gasteiger partial charge in [-0.3, -0.25) is 0 Å². The van der Waals surface area contributed by atoms with Crippen LogP contribution in [-0.4, -0.2) is 0 Å². The fraction of sp³-hybridized carbons (Fsp3) is 0.0526. The molecule has 0 aliphatic carbocycles. The van der Waals surface area contributed by atoms with Gasteiger partial charge in [-0.15, -0.1) is 0 Å². The number of hydrogen-bond donors (Lipinski definition) is 0. The molecular formula is C38H27I3. The van der Waals surface area contributed by atoms with Crippen molar-refractivity contribution in [3.63, 3.8) is 0 Å². The lowest BCUT2D eigenvalue weighted by molar-refractivity contribution is 1.17. The monoisotopic (exact) mass is 864 g/mol. The number of hydrogen-bond acceptors (Lipinski definition) is 0. The molecule has 6 aromatic rings. The first-order valence-electron chi connectivity index (χ1n) is 13.5. The van der Waals surface area contributed by atoms with Crippen LogP contribution in [0.5, 0.6) is 0 Å². The fourth-order valence-corrected chi connectivity index (χ4v) is 9.10. The average Bonchev–Trinajstić information content (AvgIpc) is 2.98. The first-order chi connectivity index (χ1) is 20.0. The second kappa shape index (κ2) is 12.8. The summed E-state index contributed by atoms with van der Waals surface area (Å²) >= 11 is 7.52. The molecule has 0 radical (unpaired) electrons. The Morgan fingerprint density at radius 1 is 0.390 bits per heavy atom. The summed E-state index contributed by atoms with van der Waals surface area (Å²) < 4.78 is 3.88. The lowest BCUT2D eigenvalue weighted by atomic mass is 9.94. The summed E-state index contributed by atoms with van der Waals surface area (Å²) in [7, 11) is 0. The van der Waals surface area contributed by atoms with E-state index in [0.717, 1.165) is 6.42 Å². The zero-order chi connectivity index (χ0) is 28.3. The van der Waals surface area contributed by atoms with E-state index in [9.17, 15) is 0 Å². The van der Waals surface area contributed by atoms with E-state index in [0.29, 0.717) is 0 Å². The number of rotatable bonds is 6. The van der Waals surface area contributed by atoms with Gasteiger partial charge in [-0.25, -0.2) is 0 Å². The van der Waals surface area contributed by atoms with Crippen molar-refractivity contribution in [2.45, 2.75) is 13.3 Å². The minimum absolute atomic E-state index is 0.920. The van der Waals surface area contributed by atoms with Gasteiger partial charge >= 0.3 is 0 Å². The summed E-state index contributed by atoms with van der Waals surface area (Å²) in [6.45, 7) is 2.24. The van der Waals surface area contributed by atoms with E-state index in [-0.39, 0.29) is 0 Å². The quantitative estimate of drug-likeness (QED) is 0.146. The lowest BCUT2D eigenvalue weighted by Crippen LogP contribution is -1.97. The molecule has 6 aromatic carbocycles. The van der Waals surface area contributed by atoms with Crippen LogP contribution in [0, 0.1) is 17.6 Å². The Kier molecular flexibility index (Phi) is 8.93. The molecule has 0 nitrogen and oxygen atoms in total. The first kappa shape index (κ1) is 28.6. The predicted molar refractivity (Wildman–Crippen MR) is 200 cm³/mol. The minimum Gasteiger partial charge on any atom is -0.0622 e. The molecule has 0 heterocycles. The third-order valence-corrected chi connectivity index (χ3v) is 9.97. The van der Waals surface area contributed by atoms with E-state index in [1.54, 1.807) is 0 Å². The molecular weight excluding hydrogens is 837 g/mol. The molecule has 0 bridgehead atoms. The van der Waals surface area contributed by atoms with Crippen molar-refractivity contribution >= 4 is 67.8 Å². The summed E-state index contributed by atoms with van der Waals surface area (Å²) in [6, 6.07) is 48.5. The van der Waals surface area contributed by atoms with Crippen LogP contribution < -0.4 is 0 Å². The Labute approximate surface area is 283 Å². The maximum absolute atomic E-state index is 2.51. The van der Waals surface area contributed by atoms with Crippen LogP contribution in [0.2, 0.25) is 0 Å². The second-order valence-electron chi connectivity index (χ2n) is 10.3. The average molecular weight is 864 g/mol. The molecule has 0 aromatic heterocycles. The van der Waals surface area contributed by atoms with E-state index >= 15 is 0 Å². The van der Waals surface area contributed by atoms with Crippen LogP contribution in [-0.2, 0) is 6.42 Å². The Hall–Kier alpha value is -2.49. The van der Waals surface area contributed by atoms with E-state index in [1.165, 1.54) is 71.9 Å². The smallest absolute Gasteiger partial charge is 0.0222 e. The summed E-state index contributed by atoms with van der Waals surface area (Å²) in [5, 5.41) is 0. The Balaban J connectivity index is 1.23. The highest BCUT2D eigenvalue weighted by atomic mass is 127. The van der Waals surface area contributed by atoms with Crippen LogP contribution in [0.4, 0.5) is 0 Å². The van der Waals surface area contributed by atoms with E-state index < -0.39 is 0 Å². The summed E-state index contributed by atoms with van der Waals surface area (Å²) in [6.07, 6.45) is 0.920. The topological polar surface area (TPSA) is 0 Å². The first-order valence-corrected chi connectivity index (χ1v) is 16.8. The SMILES string of the molecule is Cc1cc(Cc2cc(I)c(-c3ccc(-c4ccccc4)cc3)c(I)c2)cc(I)c1-c1ccc(-c2ccccc2)cc1. The number of halogens is 3. The summed E-state index contributed by atoms with van der Waals surface area (Å²) in [5.74, 6) is 0. The van der Waals surface area contributed by atoms with Gasteiger partial charge in [0.2, 0.25) is 0 Å². The molecule has 0 atom stereocenters. The van der Waals surface area contributed by atoms with Crippen molar-refractivity contribution in [2.75, 3.05) is 0 Å². The molecule has 0 N–H and O–H groups in total. The van der Waals surface area contributed by atoms with Crippen LogP contribution in [0.3, 0.4) is 0 Å². The van der Waals surface area contributed by atoms with Gasteiger partial charge < -0.3 is 0 Å². The van der Waals surface area contributed by atoms with E-state index in [1.807, 2.05) is 0 Å². The summed E-state index contributed by atoms with van der Waals surface area (Å²) in [5.41, 5.74) is 14.2. The summed E-state index contributed by atoms with van der Waals surface area (Å²) in [4.78, 5) is 0. The van der Waals surface area contributed by atoms with Crippen molar-refractivity contribution in [1.29, 1.82) is 0 Å². The molecule has 0 unspecified atom stereocenters. The van der Waals surface area contributed by atoms with Crippen molar-refractivity contribution in [3.05, 3.63) is 161 Å². The normalized spacial score (nSPS) is 11.0. The van der Waals surface area contributed by atoms with Gasteiger partial charge in [0.15, 0.2) is 0 Å². The molecule has 0 saturated heterocycles. The molecule has 0 aliphatic rings. The van der Waals surface area contributed by atoms with Gasteiger partial charge in [0, 0.05) is 16.3 Å². The van der Waals surface area contributed by atoms with Crippen LogP contribution in [0.15, 0.2) is 133 Å². The third-order valence-electron chi connectivity index (χ3n) is 7.42. The van der Waals surface area contributed by atoms with E-state index in [2.05, 4.69) is 208 Å². The van der Waals surface area contributed by atoms with Crippen molar-refractivity contribution in [3.8, 4) is 44.5 Å². The van der Waals surface area contributed by atoms with Gasteiger partial charge in [0.25, 0.3) is 0 Å². The highest BCUT2D eigenvalue weighted by molar-refractivity contribution is 14.1. The molecule has 0 saturated carbocycles. The highest BCUT2D eigenvalue weighted by Crippen LogP contribution is 2.35. The number of aryl methyl sites for hydroxylation is 1. The fourth-order valence-electron chi connectivity index (χ4n) is 5.44. The van der Waals surface area contributed by atoms with Crippen molar-refractivity contribution in [1.82, 2.24) is 0 Å². The lowest BCUT2D eigenvalue weighted by Gasteiger charge is -2.15. The van der Waals surface area contributed by atoms with E-state index in [4.69, 9.17) is 0 Å². The molecule has 0 spiro atoms. The van der Waals surface area contributed by atoms with Crippen LogP contribution in [0.1, 0.15) is 16.7 Å². The van der Waals surface area contributed by atoms with Crippen LogP contribution in [0.25, 0.3) is 44.5 Å². The maximum Gasteiger partial charge on any atom is 0.0222 e. The number of benzene rings is 6. The van der Waals surface area contributed by atoms with Crippen molar-refractivity contribution in [2.24, 2.45) is 0 Å². The van der Waals surface area contributed by atoms with Crippen molar-refractivity contribution < 1.29 is 0 Å². The minimum atomic E-state index is 0.920. The zero-order valence-electron chi connectivity index (χ0n) is 22.5. The van der Waals surface area contributed by atoms with Gasteiger partial charge in [-0.05, 0) is 155 Å². The highest BCUT2D eigenvalue weighted by Gasteiger charge is 2.13. The van der Waals surface area contributed by atoms with Crippen LogP contribution >= 0.6 is 67.8 Å². The van der Waals surface area contributed by atoms with Gasteiger partial charge in [0.05, 0.1) is 0 Å².